The van der Waals surface area contributed by atoms with Crippen LogP contribution < -0.4 is 11.1 Å². The van der Waals surface area contributed by atoms with Crippen LogP contribution in [-0.2, 0) is 14.4 Å². The number of nitrogens with one attached hydrogen (secondary N) is 1. The van der Waals surface area contributed by atoms with Gasteiger partial charge in [-0.1, -0.05) is 58.6 Å². The summed E-state index contributed by atoms with van der Waals surface area (Å²) >= 11 is 5.54. The van der Waals surface area contributed by atoms with Crippen LogP contribution in [0.15, 0.2) is 18.3 Å². The normalized spacial score (nSPS) is 11.9. The van der Waals surface area contributed by atoms with Crippen molar-refractivity contribution in [3.63, 3.8) is 0 Å². The van der Waals surface area contributed by atoms with E-state index in [1.54, 1.807) is 11.0 Å². The second kappa shape index (κ2) is 22.3. The van der Waals surface area contributed by atoms with Crippen LogP contribution in [-0.4, -0.2) is 49.1 Å². The number of hydrogen-bond donors (Lipinski definition) is 2. The van der Waals surface area contributed by atoms with Crippen LogP contribution in [0.25, 0.3) is 0 Å². The van der Waals surface area contributed by atoms with Gasteiger partial charge in [0.05, 0.1) is 5.02 Å². The predicted octanol–water partition coefficient (Wildman–Crippen LogP) is 4.15. The summed E-state index contributed by atoms with van der Waals surface area (Å²) < 4.78 is 0. The van der Waals surface area contributed by atoms with Gasteiger partial charge in [-0.15, -0.1) is 0 Å². The van der Waals surface area contributed by atoms with Crippen molar-refractivity contribution in [2.75, 3.05) is 26.5 Å². The van der Waals surface area contributed by atoms with E-state index in [0.29, 0.717) is 22.7 Å². The Morgan fingerprint density at radius 1 is 1.10 bits per heavy atom. The van der Waals surface area contributed by atoms with Crippen molar-refractivity contribution < 1.29 is 14.4 Å². The lowest BCUT2D eigenvalue weighted by molar-refractivity contribution is -0.133. The molecule has 1 aromatic heterocycles. The molecule has 1 saturated carbocycles. The Morgan fingerprint density at radius 2 is 1.62 bits per heavy atom. The van der Waals surface area contributed by atoms with Crippen molar-refractivity contribution in [2.24, 2.45) is 11.7 Å². The summed E-state index contributed by atoms with van der Waals surface area (Å²) in [6.45, 7) is 8.00. The number of hydrogen-bond acceptors (Lipinski definition) is 5. The van der Waals surface area contributed by atoms with E-state index in [4.69, 9.17) is 11.6 Å². The van der Waals surface area contributed by atoms with Crippen molar-refractivity contribution in [2.45, 2.75) is 59.8 Å². The number of carbonyl (C=O) groups excluding carboxylic acids is 3. The van der Waals surface area contributed by atoms with E-state index in [9.17, 15) is 14.4 Å². The second-order valence-corrected chi connectivity index (χ2v) is 5.97. The Balaban J connectivity index is -0.000000371. The average Bonchev–Trinajstić information content (AvgIpc) is 2.79. The van der Waals surface area contributed by atoms with Crippen LogP contribution in [0.5, 0.6) is 0 Å². The summed E-state index contributed by atoms with van der Waals surface area (Å²) in [7, 11) is 5.19. The molecule has 3 N–H and O–H groups in total. The highest BCUT2D eigenvalue weighted by Crippen LogP contribution is 2.24. The van der Waals surface area contributed by atoms with Gasteiger partial charge >= 0.3 is 0 Å². The van der Waals surface area contributed by atoms with Gasteiger partial charge in [0, 0.05) is 26.2 Å². The van der Waals surface area contributed by atoms with E-state index >= 15 is 0 Å². The fourth-order valence-electron chi connectivity index (χ4n) is 2.32. The molecule has 1 heterocycles. The quantitative estimate of drug-likeness (QED) is 0.553. The van der Waals surface area contributed by atoms with Crippen LogP contribution in [0.1, 0.15) is 59.8 Å². The molecule has 1 aliphatic carbocycles. The SMILES string of the molecule is CC.CC.CN.CN(C)C(=O)C1CCCCC1.O=CC(=O)Nc1ccc(Cl)cn1. The third-order valence-electron chi connectivity index (χ3n) is 3.48. The molecule has 7 nitrogen and oxygen atoms in total. The maximum absolute atomic E-state index is 11.4. The minimum atomic E-state index is -0.732. The van der Waals surface area contributed by atoms with Crippen molar-refractivity contribution in [1.29, 1.82) is 0 Å². The average molecular weight is 431 g/mol. The molecule has 1 aliphatic rings. The predicted molar refractivity (Wildman–Crippen MR) is 122 cm³/mol. The number of nitrogens with two attached hydrogens (primary N) is 1. The van der Waals surface area contributed by atoms with Crippen LogP contribution in [0, 0.1) is 5.92 Å². The van der Waals surface area contributed by atoms with Crippen LogP contribution >= 0.6 is 11.6 Å². The van der Waals surface area contributed by atoms with Gasteiger partial charge in [0.25, 0.3) is 5.91 Å². The molecular formula is C21H39ClN4O3. The van der Waals surface area contributed by atoms with Crippen LogP contribution in [0.4, 0.5) is 5.82 Å². The zero-order chi connectivity index (χ0) is 23.2. The van der Waals surface area contributed by atoms with Gasteiger partial charge < -0.3 is 16.0 Å². The Labute approximate surface area is 181 Å². The van der Waals surface area contributed by atoms with E-state index < -0.39 is 5.91 Å². The van der Waals surface area contributed by atoms with Gasteiger partial charge in [-0.05, 0) is 32.0 Å². The molecular weight excluding hydrogens is 392 g/mol. The molecule has 2 amide bonds. The van der Waals surface area contributed by atoms with Gasteiger partial charge in [0.15, 0.2) is 0 Å². The van der Waals surface area contributed by atoms with E-state index in [2.05, 4.69) is 16.0 Å². The molecule has 0 aliphatic heterocycles. The molecule has 1 aromatic rings. The molecule has 0 radical (unpaired) electrons. The van der Waals surface area contributed by atoms with E-state index in [0.717, 1.165) is 12.8 Å². The number of aromatic nitrogens is 1. The monoisotopic (exact) mass is 430 g/mol. The zero-order valence-electron chi connectivity index (χ0n) is 19.0. The van der Waals surface area contributed by atoms with E-state index in [1.807, 2.05) is 41.8 Å². The number of amides is 2. The largest absolute Gasteiger partial charge is 0.349 e. The topological polar surface area (TPSA) is 105 Å². The number of halogens is 1. The molecule has 0 bridgehead atoms. The van der Waals surface area contributed by atoms with Gasteiger partial charge in [0.1, 0.15) is 5.82 Å². The third-order valence-corrected chi connectivity index (χ3v) is 3.70. The first kappa shape index (κ1) is 31.7. The zero-order valence-corrected chi connectivity index (χ0v) is 19.8. The lowest BCUT2D eigenvalue weighted by Crippen LogP contribution is -2.30. The lowest BCUT2D eigenvalue weighted by Gasteiger charge is -2.23. The molecule has 0 unspecified atom stereocenters. The molecule has 0 spiro atoms. The maximum atomic E-state index is 11.4. The molecule has 8 heteroatoms. The fourth-order valence-corrected chi connectivity index (χ4v) is 2.43. The molecule has 2 rings (SSSR count). The number of nitrogens with zero attached hydrogens (tertiary/aromatic N) is 2. The number of aldehydes is 1. The summed E-state index contributed by atoms with van der Waals surface area (Å²) in [4.78, 5) is 37.3. The molecule has 0 saturated heterocycles. The second-order valence-electron chi connectivity index (χ2n) is 5.54. The van der Waals surface area contributed by atoms with Crippen LogP contribution in [0.2, 0.25) is 5.02 Å². The minimum Gasteiger partial charge on any atom is -0.349 e. The highest BCUT2D eigenvalue weighted by Gasteiger charge is 2.21. The smallest absolute Gasteiger partial charge is 0.289 e. The molecule has 0 atom stereocenters. The molecule has 0 aromatic carbocycles. The summed E-state index contributed by atoms with van der Waals surface area (Å²) in [6, 6.07) is 3.07. The number of carbonyl (C=O) groups is 3. The van der Waals surface area contributed by atoms with Gasteiger partial charge in [-0.25, -0.2) is 4.98 Å². The summed E-state index contributed by atoms with van der Waals surface area (Å²) in [5, 5.41) is 2.71. The molecule has 168 valence electrons. The summed E-state index contributed by atoms with van der Waals surface area (Å²) in [5.74, 6) is 0.227. The highest BCUT2D eigenvalue weighted by atomic mass is 35.5. The Morgan fingerprint density at radius 3 is 2.00 bits per heavy atom. The first-order valence-electron chi connectivity index (χ1n) is 10.1. The van der Waals surface area contributed by atoms with Gasteiger partial charge in [0.2, 0.25) is 12.2 Å². The van der Waals surface area contributed by atoms with Crippen molar-refractivity contribution in [3.05, 3.63) is 23.4 Å². The Bertz CT molecular complexity index is 531. The van der Waals surface area contributed by atoms with Crippen LogP contribution in [0.3, 0.4) is 0 Å². The summed E-state index contributed by atoms with van der Waals surface area (Å²) in [5.41, 5.74) is 4.50. The highest BCUT2D eigenvalue weighted by molar-refractivity contribution is 6.31. The lowest BCUT2D eigenvalue weighted by atomic mass is 9.88. The number of pyridine rings is 1. The number of anilines is 1. The van der Waals surface area contributed by atoms with E-state index in [1.165, 1.54) is 38.6 Å². The van der Waals surface area contributed by atoms with Crippen molar-refractivity contribution in [1.82, 2.24) is 9.88 Å². The molecule has 29 heavy (non-hydrogen) atoms. The van der Waals surface area contributed by atoms with Gasteiger partial charge in [-0.2, -0.15) is 0 Å². The standard InChI is InChI=1S/C9H17NO.C7H5ClN2O2.2C2H6.CH5N/c1-10(2)9(11)8-6-4-3-5-7-8;8-5-1-2-6(9-3-5)10-7(12)4-11;3*1-2/h8H,3-7H2,1-2H3;1-4H,(H,9,10,12);2*1-2H3;2H2,1H3. The summed E-state index contributed by atoms with van der Waals surface area (Å²) in [6.07, 6.45) is 7.57. The first-order valence-corrected chi connectivity index (χ1v) is 10.5. The minimum absolute atomic E-state index is 0.177. The molecule has 1 fully saturated rings. The van der Waals surface area contributed by atoms with E-state index in [-0.39, 0.29) is 6.29 Å². The van der Waals surface area contributed by atoms with Gasteiger partial charge in [-0.3, -0.25) is 14.4 Å². The Hall–Kier alpha value is -1.99. The first-order chi connectivity index (χ1) is 13.9. The fraction of sp³-hybridized carbons (Fsp3) is 0.619. The third kappa shape index (κ3) is 16.6. The maximum Gasteiger partial charge on any atom is 0.289 e. The van der Waals surface area contributed by atoms with Crippen molar-refractivity contribution in [3.8, 4) is 0 Å². The Kier molecular flexibility index (Phi) is 24.4. The number of rotatable bonds is 3. The van der Waals surface area contributed by atoms with Crippen molar-refractivity contribution >= 4 is 35.5 Å².